The molecule has 0 bridgehead atoms. The highest BCUT2D eigenvalue weighted by Gasteiger charge is 2.54. The van der Waals surface area contributed by atoms with Gasteiger partial charge in [-0.1, -0.05) is 6.92 Å². The predicted octanol–water partition coefficient (Wildman–Crippen LogP) is 0.0526. The molecule has 2 fully saturated rings. The van der Waals surface area contributed by atoms with Crippen LogP contribution in [0.1, 0.15) is 19.8 Å². The van der Waals surface area contributed by atoms with Gasteiger partial charge in [0.2, 0.25) is 0 Å². The van der Waals surface area contributed by atoms with Crippen molar-refractivity contribution >= 4 is 0 Å². The van der Waals surface area contributed by atoms with Crippen molar-refractivity contribution in [2.75, 3.05) is 32.8 Å². The van der Waals surface area contributed by atoms with E-state index in [4.69, 9.17) is 5.11 Å². The summed E-state index contributed by atoms with van der Waals surface area (Å²) in [6.45, 7) is 6.86. The summed E-state index contributed by atoms with van der Waals surface area (Å²) in [4.78, 5) is 2.52. The van der Waals surface area contributed by atoms with Crippen molar-refractivity contribution in [1.82, 2.24) is 10.2 Å². The number of nitrogens with zero attached hydrogens (tertiary/aromatic N) is 1. The fraction of sp³-hybridized carbons (Fsp3) is 1.00. The molecule has 0 aromatic heterocycles. The Labute approximate surface area is 80.1 Å². The van der Waals surface area contributed by atoms with Crippen molar-refractivity contribution in [2.24, 2.45) is 5.41 Å². The summed E-state index contributed by atoms with van der Waals surface area (Å²) in [5.41, 5.74) is 0.588. The minimum Gasteiger partial charge on any atom is -0.395 e. The van der Waals surface area contributed by atoms with E-state index in [-0.39, 0.29) is 6.61 Å². The van der Waals surface area contributed by atoms with Crippen LogP contribution >= 0.6 is 0 Å². The number of hydrogen-bond acceptors (Lipinski definition) is 3. The van der Waals surface area contributed by atoms with Crippen LogP contribution in [0.3, 0.4) is 0 Å². The normalized spacial score (nSPS) is 31.4. The Morgan fingerprint density at radius 2 is 2.31 bits per heavy atom. The topological polar surface area (TPSA) is 35.5 Å². The summed E-state index contributed by atoms with van der Waals surface area (Å²) >= 11 is 0. The maximum atomic E-state index is 8.76. The predicted molar refractivity (Wildman–Crippen MR) is 52.7 cm³/mol. The Hall–Kier alpha value is -0.120. The van der Waals surface area contributed by atoms with Crippen LogP contribution in [0.5, 0.6) is 0 Å². The lowest BCUT2D eigenvalue weighted by atomic mass is 10.0. The molecule has 2 N–H and O–H groups in total. The van der Waals surface area contributed by atoms with Crippen LogP contribution < -0.4 is 5.32 Å². The molecular formula is C10H20N2O. The first-order chi connectivity index (χ1) is 6.30. The second kappa shape index (κ2) is 3.56. The van der Waals surface area contributed by atoms with E-state index in [1.165, 1.54) is 32.5 Å². The Morgan fingerprint density at radius 1 is 1.54 bits per heavy atom. The van der Waals surface area contributed by atoms with E-state index in [2.05, 4.69) is 17.1 Å². The van der Waals surface area contributed by atoms with E-state index in [0.29, 0.717) is 11.5 Å². The Balaban J connectivity index is 1.87. The largest absolute Gasteiger partial charge is 0.395 e. The van der Waals surface area contributed by atoms with Crippen molar-refractivity contribution in [2.45, 2.75) is 25.8 Å². The number of likely N-dealkylation sites (tertiary alicyclic amines) is 1. The van der Waals surface area contributed by atoms with Gasteiger partial charge in [-0.05, 0) is 24.8 Å². The van der Waals surface area contributed by atoms with Gasteiger partial charge >= 0.3 is 0 Å². The van der Waals surface area contributed by atoms with Gasteiger partial charge in [0.15, 0.2) is 0 Å². The summed E-state index contributed by atoms with van der Waals surface area (Å²) in [7, 11) is 0. The molecule has 0 radical (unpaired) electrons. The number of aliphatic hydroxyl groups is 1. The maximum Gasteiger partial charge on any atom is 0.0556 e. The minimum atomic E-state index is 0.263. The molecular weight excluding hydrogens is 164 g/mol. The molecule has 13 heavy (non-hydrogen) atoms. The monoisotopic (exact) mass is 184 g/mol. The standard InChI is InChI=1S/C10H20N2O/c1-2-12-7-9(11-5-6-13)10(8-12)3-4-10/h9,11,13H,2-8H2,1H3/t9-/m0/s1. The lowest BCUT2D eigenvalue weighted by molar-refractivity contribution is 0.274. The van der Waals surface area contributed by atoms with E-state index in [9.17, 15) is 0 Å². The van der Waals surface area contributed by atoms with Crippen molar-refractivity contribution in [3.05, 3.63) is 0 Å². The zero-order valence-corrected chi connectivity index (χ0v) is 8.42. The first kappa shape index (κ1) is 9.44. The summed E-state index contributed by atoms with van der Waals surface area (Å²) in [5.74, 6) is 0. The smallest absolute Gasteiger partial charge is 0.0556 e. The number of rotatable bonds is 4. The molecule has 1 saturated heterocycles. The molecule has 0 aromatic rings. The van der Waals surface area contributed by atoms with Crippen LogP contribution in [0.25, 0.3) is 0 Å². The minimum absolute atomic E-state index is 0.263. The van der Waals surface area contributed by atoms with Gasteiger partial charge in [-0.3, -0.25) is 0 Å². The van der Waals surface area contributed by atoms with Gasteiger partial charge in [0.25, 0.3) is 0 Å². The van der Waals surface area contributed by atoms with Crippen molar-refractivity contribution in [1.29, 1.82) is 0 Å². The van der Waals surface area contributed by atoms with Gasteiger partial charge in [0.05, 0.1) is 6.61 Å². The number of hydrogen-bond donors (Lipinski definition) is 2. The zero-order valence-electron chi connectivity index (χ0n) is 8.42. The highest BCUT2D eigenvalue weighted by molar-refractivity contribution is 5.09. The van der Waals surface area contributed by atoms with E-state index in [0.717, 1.165) is 6.54 Å². The molecule has 1 atom stereocenters. The van der Waals surface area contributed by atoms with E-state index in [1.807, 2.05) is 0 Å². The summed E-state index contributed by atoms with van der Waals surface area (Å²) in [6.07, 6.45) is 2.76. The second-order valence-electron chi connectivity index (χ2n) is 4.42. The highest BCUT2D eigenvalue weighted by Crippen LogP contribution is 2.52. The van der Waals surface area contributed by atoms with Gasteiger partial charge in [0, 0.05) is 25.7 Å². The van der Waals surface area contributed by atoms with Crippen molar-refractivity contribution in [3.8, 4) is 0 Å². The van der Waals surface area contributed by atoms with Gasteiger partial charge in [0.1, 0.15) is 0 Å². The lowest BCUT2D eigenvalue weighted by Crippen LogP contribution is -2.38. The van der Waals surface area contributed by atoms with Gasteiger partial charge in [-0.15, -0.1) is 0 Å². The molecule has 0 unspecified atom stereocenters. The van der Waals surface area contributed by atoms with Crippen LogP contribution in [-0.4, -0.2) is 48.8 Å². The van der Waals surface area contributed by atoms with E-state index in [1.54, 1.807) is 0 Å². The molecule has 1 saturated carbocycles. The zero-order chi connectivity index (χ0) is 9.31. The Kier molecular flexibility index (Phi) is 2.58. The fourth-order valence-corrected chi connectivity index (χ4v) is 2.50. The van der Waals surface area contributed by atoms with Crippen LogP contribution in [0.2, 0.25) is 0 Å². The third kappa shape index (κ3) is 1.73. The Morgan fingerprint density at radius 3 is 2.85 bits per heavy atom. The number of aliphatic hydroxyl groups excluding tert-OH is 1. The van der Waals surface area contributed by atoms with Gasteiger partial charge in [-0.2, -0.15) is 0 Å². The van der Waals surface area contributed by atoms with Crippen LogP contribution in [0, 0.1) is 5.41 Å². The average Bonchev–Trinajstić information content (AvgIpc) is 2.80. The van der Waals surface area contributed by atoms with E-state index >= 15 is 0 Å². The summed E-state index contributed by atoms with van der Waals surface area (Å²) < 4.78 is 0. The fourth-order valence-electron chi connectivity index (χ4n) is 2.50. The molecule has 0 amide bonds. The molecule has 3 heteroatoms. The van der Waals surface area contributed by atoms with Gasteiger partial charge < -0.3 is 15.3 Å². The van der Waals surface area contributed by atoms with E-state index < -0.39 is 0 Å². The molecule has 2 rings (SSSR count). The summed E-state index contributed by atoms with van der Waals surface area (Å²) in [6, 6.07) is 0.639. The van der Waals surface area contributed by atoms with Gasteiger partial charge in [-0.25, -0.2) is 0 Å². The lowest BCUT2D eigenvalue weighted by Gasteiger charge is -2.17. The molecule has 2 aliphatic rings. The van der Waals surface area contributed by atoms with Crippen LogP contribution in [-0.2, 0) is 0 Å². The quantitative estimate of drug-likeness (QED) is 0.648. The first-order valence-corrected chi connectivity index (χ1v) is 5.37. The number of nitrogens with one attached hydrogen (secondary N) is 1. The Bertz CT molecular complexity index is 180. The van der Waals surface area contributed by atoms with Crippen LogP contribution in [0.15, 0.2) is 0 Å². The van der Waals surface area contributed by atoms with Crippen molar-refractivity contribution < 1.29 is 5.11 Å². The first-order valence-electron chi connectivity index (χ1n) is 5.37. The SMILES string of the molecule is CCN1C[C@H](NCCO)C2(CC2)C1. The average molecular weight is 184 g/mol. The highest BCUT2D eigenvalue weighted by atomic mass is 16.3. The van der Waals surface area contributed by atoms with Crippen LogP contribution in [0.4, 0.5) is 0 Å². The molecule has 1 spiro atoms. The maximum absolute atomic E-state index is 8.76. The molecule has 1 aliphatic heterocycles. The molecule has 0 aromatic carbocycles. The molecule has 3 nitrogen and oxygen atoms in total. The third-order valence-corrected chi connectivity index (χ3v) is 3.56. The second-order valence-corrected chi connectivity index (χ2v) is 4.42. The summed E-state index contributed by atoms with van der Waals surface area (Å²) in [5, 5.41) is 12.2. The number of likely N-dealkylation sites (N-methyl/N-ethyl adjacent to an activating group) is 1. The molecule has 76 valence electrons. The third-order valence-electron chi connectivity index (χ3n) is 3.56. The van der Waals surface area contributed by atoms with Crippen molar-refractivity contribution in [3.63, 3.8) is 0 Å². The molecule has 1 heterocycles. The molecule has 1 aliphatic carbocycles.